The second-order valence-electron chi connectivity index (χ2n) is 5.25. The number of hydrogen-bond donors (Lipinski definition) is 0. The van der Waals surface area contributed by atoms with Crippen LogP contribution < -0.4 is 0 Å². The molecule has 0 spiro atoms. The van der Waals surface area contributed by atoms with Crippen LogP contribution in [-0.2, 0) is 15.2 Å². The van der Waals surface area contributed by atoms with Crippen LogP contribution in [0.15, 0.2) is 33.7 Å². The smallest absolute Gasteiger partial charge is 0.339 e. The molecular formula is C16H18N2O4S. The van der Waals surface area contributed by atoms with E-state index < -0.39 is 0 Å². The summed E-state index contributed by atoms with van der Waals surface area (Å²) < 4.78 is 15.8. The van der Waals surface area contributed by atoms with Gasteiger partial charge in [0.05, 0.1) is 17.4 Å². The highest BCUT2D eigenvalue weighted by molar-refractivity contribution is 7.98. The van der Waals surface area contributed by atoms with E-state index in [1.807, 2.05) is 18.2 Å². The van der Waals surface area contributed by atoms with E-state index in [1.165, 1.54) is 11.8 Å². The number of rotatable bonds is 6. The minimum Gasteiger partial charge on any atom is -0.459 e. The van der Waals surface area contributed by atoms with Crippen molar-refractivity contribution in [3.05, 3.63) is 41.5 Å². The third-order valence-corrected chi connectivity index (χ3v) is 4.53. The molecule has 1 aliphatic rings. The number of ether oxygens (including phenoxy) is 2. The predicted octanol–water partition coefficient (Wildman–Crippen LogP) is 3.01. The Hall–Kier alpha value is -1.86. The topological polar surface area (TPSA) is 74.5 Å². The van der Waals surface area contributed by atoms with Gasteiger partial charge in [0, 0.05) is 18.4 Å². The van der Waals surface area contributed by atoms with Crippen LogP contribution in [0.4, 0.5) is 0 Å². The zero-order valence-electron chi connectivity index (χ0n) is 12.9. The Morgan fingerprint density at radius 1 is 1.43 bits per heavy atom. The maximum atomic E-state index is 12.3. The Morgan fingerprint density at radius 3 is 3.04 bits per heavy atom. The van der Waals surface area contributed by atoms with Gasteiger partial charge in [0.1, 0.15) is 6.61 Å². The van der Waals surface area contributed by atoms with Gasteiger partial charge in [0.15, 0.2) is 5.82 Å². The van der Waals surface area contributed by atoms with Crippen molar-refractivity contribution >= 4 is 17.7 Å². The lowest BCUT2D eigenvalue weighted by Gasteiger charge is -2.12. The molecule has 0 unspecified atom stereocenters. The molecule has 7 heteroatoms. The van der Waals surface area contributed by atoms with Crippen LogP contribution in [0, 0.1) is 6.92 Å². The van der Waals surface area contributed by atoms with Gasteiger partial charge in [-0.2, -0.15) is 4.98 Å². The third kappa shape index (κ3) is 4.33. The summed E-state index contributed by atoms with van der Waals surface area (Å²) in [6, 6.07) is 7.37. The summed E-state index contributed by atoms with van der Waals surface area (Å²) >= 11 is 1.48. The van der Waals surface area contributed by atoms with Crippen LogP contribution in [0.25, 0.3) is 0 Å². The van der Waals surface area contributed by atoms with Crippen LogP contribution >= 0.6 is 11.8 Å². The van der Waals surface area contributed by atoms with Gasteiger partial charge in [-0.3, -0.25) is 0 Å². The molecule has 0 amide bonds. The van der Waals surface area contributed by atoms with Crippen molar-refractivity contribution in [1.29, 1.82) is 0 Å². The van der Waals surface area contributed by atoms with Crippen molar-refractivity contribution in [2.45, 2.75) is 36.5 Å². The Balaban J connectivity index is 1.60. The molecule has 1 saturated heterocycles. The normalized spacial score (nSPS) is 17.3. The molecule has 3 rings (SSSR count). The van der Waals surface area contributed by atoms with E-state index in [4.69, 9.17) is 14.0 Å². The standard InChI is InChI=1S/C16H18N2O4S/c1-11-17-15(18-22-11)10-23-14-7-3-2-6-13(14)16(19)21-9-12-5-4-8-20-12/h2-3,6-7,12H,4-5,8-10H2,1H3/t12-/m1/s1. The van der Waals surface area contributed by atoms with Gasteiger partial charge in [0.2, 0.25) is 5.89 Å². The van der Waals surface area contributed by atoms with Crippen molar-refractivity contribution in [2.75, 3.05) is 13.2 Å². The average molecular weight is 334 g/mol. The average Bonchev–Trinajstić information content (AvgIpc) is 3.22. The molecule has 0 aliphatic carbocycles. The number of nitrogens with zero attached hydrogens (tertiary/aromatic N) is 2. The number of carbonyl (C=O) groups excluding carboxylic acids is 1. The fraction of sp³-hybridized carbons (Fsp3) is 0.438. The maximum absolute atomic E-state index is 12.3. The third-order valence-electron chi connectivity index (χ3n) is 3.46. The van der Waals surface area contributed by atoms with E-state index in [9.17, 15) is 4.79 Å². The molecule has 1 fully saturated rings. The van der Waals surface area contributed by atoms with Crippen molar-refractivity contribution in [3.8, 4) is 0 Å². The summed E-state index contributed by atoms with van der Waals surface area (Å²) in [6.07, 6.45) is 2.00. The van der Waals surface area contributed by atoms with Gasteiger partial charge in [-0.05, 0) is 25.0 Å². The number of carbonyl (C=O) groups is 1. The summed E-state index contributed by atoms with van der Waals surface area (Å²) in [5, 5.41) is 3.85. The first-order chi connectivity index (χ1) is 11.2. The second kappa shape index (κ2) is 7.61. The van der Waals surface area contributed by atoms with Crippen LogP contribution in [0.1, 0.15) is 34.9 Å². The van der Waals surface area contributed by atoms with Gasteiger partial charge in [-0.15, -0.1) is 11.8 Å². The summed E-state index contributed by atoms with van der Waals surface area (Å²) in [7, 11) is 0. The van der Waals surface area contributed by atoms with Crippen LogP contribution in [0.2, 0.25) is 0 Å². The Morgan fingerprint density at radius 2 is 2.30 bits per heavy atom. The molecule has 1 aliphatic heterocycles. The number of aromatic nitrogens is 2. The number of esters is 1. The number of hydrogen-bond acceptors (Lipinski definition) is 7. The number of aryl methyl sites for hydroxylation is 1. The molecule has 1 aromatic carbocycles. The van der Waals surface area contributed by atoms with E-state index in [2.05, 4.69) is 10.1 Å². The lowest BCUT2D eigenvalue weighted by Crippen LogP contribution is -2.18. The van der Waals surface area contributed by atoms with E-state index in [0.717, 1.165) is 24.3 Å². The quantitative estimate of drug-likeness (QED) is 0.594. The van der Waals surface area contributed by atoms with Crippen molar-refractivity contribution in [1.82, 2.24) is 10.1 Å². The molecule has 0 saturated carbocycles. The highest BCUT2D eigenvalue weighted by atomic mass is 32.2. The van der Waals surface area contributed by atoms with Gasteiger partial charge >= 0.3 is 5.97 Å². The van der Waals surface area contributed by atoms with E-state index in [0.29, 0.717) is 29.6 Å². The highest BCUT2D eigenvalue weighted by Crippen LogP contribution is 2.26. The highest BCUT2D eigenvalue weighted by Gasteiger charge is 2.19. The molecule has 6 nitrogen and oxygen atoms in total. The first-order valence-corrected chi connectivity index (χ1v) is 8.50. The van der Waals surface area contributed by atoms with Crippen LogP contribution in [0.3, 0.4) is 0 Å². The molecule has 23 heavy (non-hydrogen) atoms. The fourth-order valence-corrected chi connectivity index (χ4v) is 3.21. The van der Waals surface area contributed by atoms with Gasteiger partial charge in [-0.25, -0.2) is 4.79 Å². The van der Waals surface area contributed by atoms with Gasteiger partial charge in [-0.1, -0.05) is 17.3 Å². The van der Waals surface area contributed by atoms with Crippen LogP contribution in [-0.4, -0.2) is 35.4 Å². The van der Waals surface area contributed by atoms with Crippen molar-refractivity contribution < 1.29 is 18.8 Å². The summed E-state index contributed by atoms with van der Waals surface area (Å²) in [6.45, 7) is 2.80. The van der Waals surface area contributed by atoms with Crippen molar-refractivity contribution in [2.24, 2.45) is 0 Å². The van der Waals surface area contributed by atoms with Gasteiger partial charge in [0.25, 0.3) is 0 Å². The largest absolute Gasteiger partial charge is 0.459 e. The zero-order valence-corrected chi connectivity index (χ0v) is 13.7. The Kier molecular flexibility index (Phi) is 5.30. The first-order valence-electron chi connectivity index (χ1n) is 7.52. The number of benzene rings is 1. The molecule has 0 bridgehead atoms. The maximum Gasteiger partial charge on any atom is 0.339 e. The summed E-state index contributed by atoms with van der Waals surface area (Å²) in [5.41, 5.74) is 0.552. The van der Waals surface area contributed by atoms with E-state index in [1.54, 1.807) is 13.0 Å². The van der Waals surface area contributed by atoms with Crippen LogP contribution in [0.5, 0.6) is 0 Å². The molecule has 0 radical (unpaired) electrons. The minimum atomic E-state index is -0.326. The predicted molar refractivity (Wildman–Crippen MR) is 84.3 cm³/mol. The Labute approximate surface area is 138 Å². The summed E-state index contributed by atoms with van der Waals surface area (Å²) in [5.74, 6) is 1.35. The molecule has 2 aromatic rings. The zero-order chi connectivity index (χ0) is 16.1. The minimum absolute atomic E-state index is 0.0288. The van der Waals surface area contributed by atoms with E-state index >= 15 is 0 Å². The lowest BCUT2D eigenvalue weighted by atomic mass is 10.2. The Bertz CT molecular complexity index is 668. The molecular weight excluding hydrogens is 316 g/mol. The second-order valence-corrected chi connectivity index (χ2v) is 6.27. The SMILES string of the molecule is Cc1nc(CSc2ccccc2C(=O)OC[C@H]2CCCO2)no1. The fourth-order valence-electron chi connectivity index (χ4n) is 2.33. The number of thioether (sulfide) groups is 1. The molecule has 1 aromatic heterocycles. The first kappa shape index (κ1) is 16.0. The molecule has 0 N–H and O–H groups in total. The molecule has 1 atom stereocenters. The molecule has 122 valence electrons. The van der Waals surface area contributed by atoms with E-state index in [-0.39, 0.29) is 12.1 Å². The lowest BCUT2D eigenvalue weighted by molar-refractivity contribution is 0.0158. The molecule has 2 heterocycles. The van der Waals surface area contributed by atoms with Gasteiger partial charge < -0.3 is 14.0 Å². The summed E-state index contributed by atoms with van der Waals surface area (Å²) in [4.78, 5) is 17.3. The van der Waals surface area contributed by atoms with Crippen molar-refractivity contribution in [3.63, 3.8) is 0 Å². The monoisotopic (exact) mass is 334 g/mol.